The first-order chi connectivity index (χ1) is 20.8. The van der Waals surface area contributed by atoms with E-state index in [9.17, 15) is 9.59 Å². The molecule has 2 aliphatic heterocycles. The summed E-state index contributed by atoms with van der Waals surface area (Å²) in [4.78, 5) is 34.7. The highest BCUT2D eigenvalue weighted by molar-refractivity contribution is 9.08. The van der Waals surface area contributed by atoms with Gasteiger partial charge in [-0.2, -0.15) is 0 Å². The number of hydrogen-bond donors (Lipinski definition) is 1. The van der Waals surface area contributed by atoms with Crippen LogP contribution in [-0.4, -0.2) is 90.7 Å². The number of rotatable bonds is 8. The lowest BCUT2D eigenvalue weighted by Crippen LogP contribution is -2.36. The minimum atomic E-state index is -0.132. The van der Waals surface area contributed by atoms with Gasteiger partial charge in [0.1, 0.15) is 12.1 Å². The average molecular weight is 771 g/mol. The molecule has 0 aromatic carbocycles. The number of esters is 2. The standard InChI is InChI=1S/C12H16N2O2.C6H6BrN.C6H11NO2.C6H15N.C2H6.BrH.ClH/c1-16-12(15)11-3-2-8-14(11)9-10-4-6-13-7-5-10;7-5-6-1-3-8-4-2-6;1-9-6(8)5-3-2-4-7-5;1-4-7(5-2)6-3;1-2;;/h4-7,11H,2-3,8-9H2,1H3;1-4H,5H2;5,7H,2-4H2,1H3;4-6H2,1-3H3;1-2H3;2*1H/t11-;;5-;;;;/m0.0..../s1/i;;;;1D;;. The maximum atomic E-state index is 11.5. The van der Waals surface area contributed by atoms with E-state index in [4.69, 9.17) is 6.11 Å². The third-order valence-corrected chi connectivity index (χ3v) is 7.41. The molecule has 2 aromatic heterocycles. The highest BCUT2D eigenvalue weighted by Crippen LogP contribution is 2.20. The van der Waals surface area contributed by atoms with Crippen LogP contribution in [0.25, 0.3) is 0 Å². The Labute approximate surface area is 293 Å². The summed E-state index contributed by atoms with van der Waals surface area (Å²) in [5, 5.41) is 3.94. The van der Waals surface area contributed by atoms with Gasteiger partial charge in [0, 0.05) is 38.0 Å². The Kier molecular flexibility index (Phi) is 31.7. The molecule has 44 heavy (non-hydrogen) atoms. The molecule has 12 heteroatoms. The quantitative estimate of drug-likeness (QED) is 0.239. The molecule has 4 rings (SSSR count). The topological polar surface area (TPSA) is 96.9 Å². The van der Waals surface area contributed by atoms with Gasteiger partial charge >= 0.3 is 11.9 Å². The molecule has 4 heterocycles. The Hall–Kier alpha value is -1.63. The van der Waals surface area contributed by atoms with Crippen molar-refractivity contribution in [2.24, 2.45) is 0 Å². The molecule has 0 unspecified atom stereocenters. The van der Waals surface area contributed by atoms with E-state index in [1.165, 1.54) is 45.0 Å². The van der Waals surface area contributed by atoms with Gasteiger partial charge in [-0.25, -0.2) is 0 Å². The summed E-state index contributed by atoms with van der Waals surface area (Å²) < 4.78 is 15.6. The van der Waals surface area contributed by atoms with Gasteiger partial charge in [0.05, 0.1) is 14.2 Å². The average Bonchev–Trinajstić information content (AvgIpc) is 3.77. The molecule has 0 radical (unpaired) electrons. The van der Waals surface area contributed by atoms with Crippen LogP contribution >= 0.6 is 45.3 Å². The van der Waals surface area contributed by atoms with Gasteiger partial charge in [-0.15, -0.1) is 29.4 Å². The van der Waals surface area contributed by atoms with E-state index in [1.807, 2.05) is 24.3 Å². The van der Waals surface area contributed by atoms with Gasteiger partial charge in [0.25, 0.3) is 0 Å². The van der Waals surface area contributed by atoms with Gasteiger partial charge in [-0.3, -0.25) is 24.5 Å². The summed E-state index contributed by atoms with van der Waals surface area (Å²) in [6, 6.07) is 7.82. The molecule has 2 fully saturated rings. The Morgan fingerprint density at radius 1 is 0.955 bits per heavy atom. The number of nitrogens with zero attached hydrogens (tertiary/aromatic N) is 4. The first-order valence-electron chi connectivity index (χ1n) is 15.5. The molecule has 254 valence electrons. The zero-order valence-corrected chi connectivity index (χ0v) is 31.5. The minimum absolute atomic E-state index is 0. The minimum Gasteiger partial charge on any atom is -0.468 e. The van der Waals surface area contributed by atoms with E-state index in [0.29, 0.717) is 6.90 Å². The van der Waals surface area contributed by atoms with Gasteiger partial charge in [-0.1, -0.05) is 50.5 Å². The predicted octanol–water partition coefficient (Wildman–Crippen LogP) is 6.48. The van der Waals surface area contributed by atoms with Crippen LogP contribution < -0.4 is 5.32 Å². The summed E-state index contributed by atoms with van der Waals surface area (Å²) in [5.74, 6) is -0.251. The Balaban J connectivity index is -0.000000528. The molecule has 9 nitrogen and oxygen atoms in total. The van der Waals surface area contributed by atoms with Crippen LogP contribution in [0.2, 0.25) is 0 Å². The van der Waals surface area contributed by atoms with Crippen molar-refractivity contribution >= 4 is 57.3 Å². The van der Waals surface area contributed by atoms with Crippen LogP contribution in [0.5, 0.6) is 0 Å². The molecule has 0 aliphatic carbocycles. The zero-order chi connectivity index (χ0) is 32.3. The van der Waals surface area contributed by atoms with E-state index in [2.05, 4.69) is 66.5 Å². The fraction of sp³-hybridized carbons (Fsp3) is 0.625. The van der Waals surface area contributed by atoms with Crippen LogP contribution in [0.4, 0.5) is 0 Å². The SMILES string of the molecule is Br.BrCc1ccncc1.CCN(CC)CC.COC(=O)[C@@H]1CCCN1.COC(=O)[C@@H]1CCCN1Cc1ccncc1.Cl.[2H]CC. The molecule has 1 N–H and O–H groups in total. The molecule has 0 bridgehead atoms. The van der Waals surface area contributed by atoms with Crippen LogP contribution in [-0.2, 0) is 30.9 Å². The predicted molar refractivity (Wildman–Crippen MR) is 192 cm³/mol. The molecular weight excluding hydrogens is 714 g/mol. The van der Waals surface area contributed by atoms with E-state index >= 15 is 0 Å². The van der Waals surface area contributed by atoms with Gasteiger partial charge < -0.3 is 19.7 Å². The van der Waals surface area contributed by atoms with Crippen LogP contribution in [0, 0.1) is 0 Å². The summed E-state index contributed by atoms with van der Waals surface area (Å²) in [6.45, 7) is 15.1. The number of carbonyl (C=O) groups is 2. The summed E-state index contributed by atoms with van der Waals surface area (Å²) in [7, 11) is 2.87. The van der Waals surface area contributed by atoms with Gasteiger partial charge in [0.15, 0.2) is 0 Å². The number of ether oxygens (including phenoxy) is 2. The second-order valence-corrected chi connectivity index (χ2v) is 9.85. The smallest absolute Gasteiger partial charge is 0.323 e. The maximum absolute atomic E-state index is 11.5. The van der Waals surface area contributed by atoms with E-state index in [-0.39, 0.29) is 53.4 Å². The van der Waals surface area contributed by atoms with E-state index < -0.39 is 0 Å². The van der Waals surface area contributed by atoms with Gasteiger partial charge in [-0.05, 0) is 93.8 Å². The Morgan fingerprint density at radius 3 is 1.82 bits per heavy atom. The summed E-state index contributed by atoms with van der Waals surface area (Å²) in [5.41, 5.74) is 2.45. The lowest BCUT2D eigenvalue weighted by Gasteiger charge is -2.22. The van der Waals surface area contributed by atoms with Crippen molar-refractivity contribution in [2.45, 2.75) is 84.2 Å². The van der Waals surface area contributed by atoms with Crippen molar-refractivity contribution < 1.29 is 20.4 Å². The number of methoxy groups -OCH3 is 2. The van der Waals surface area contributed by atoms with Gasteiger partial charge in [0.2, 0.25) is 0 Å². The molecule has 2 aromatic rings. The number of aromatic nitrogens is 2. The van der Waals surface area contributed by atoms with Crippen LogP contribution in [0.1, 0.15) is 72.8 Å². The number of carbonyl (C=O) groups excluding carboxylic acids is 2. The summed E-state index contributed by atoms with van der Waals surface area (Å²) >= 11 is 3.33. The third kappa shape index (κ3) is 20.4. The fourth-order valence-corrected chi connectivity index (χ4v) is 4.69. The van der Waals surface area contributed by atoms with Crippen molar-refractivity contribution in [1.29, 1.82) is 0 Å². The largest absolute Gasteiger partial charge is 0.468 e. The van der Waals surface area contributed by atoms with Crippen LogP contribution in [0.15, 0.2) is 49.1 Å². The molecular formula is C32H56Br2ClN5O4. The number of alkyl halides is 1. The van der Waals surface area contributed by atoms with Crippen LogP contribution in [0.3, 0.4) is 0 Å². The Morgan fingerprint density at radius 2 is 1.45 bits per heavy atom. The first kappa shape index (κ1) is 44.5. The fourth-order valence-electron chi connectivity index (χ4n) is 4.31. The number of halogens is 3. The Bertz CT molecular complexity index is 942. The normalized spacial score (nSPS) is 16.7. The number of pyridine rings is 2. The third-order valence-electron chi connectivity index (χ3n) is 6.76. The second kappa shape index (κ2) is 31.4. The zero-order valence-electron chi connectivity index (χ0n) is 28.4. The van der Waals surface area contributed by atoms with E-state index in [1.54, 1.807) is 31.7 Å². The lowest BCUT2D eigenvalue weighted by atomic mass is 10.2. The molecule has 0 amide bonds. The monoisotopic (exact) mass is 768 g/mol. The highest BCUT2D eigenvalue weighted by atomic mass is 79.9. The maximum Gasteiger partial charge on any atom is 0.323 e. The molecule has 2 saturated heterocycles. The lowest BCUT2D eigenvalue weighted by molar-refractivity contribution is -0.146. The second-order valence-electron chi connectivity index (χ2n) is 9.29. The number of hydrogen-bond acceptors (Lipinski definition) is 9. The molecule has 2 atom stereocenters. The first-order valence-corrected chi connectivity index (χ1v) is 16.0. The molecule has 2 aliphatic rings. The number of likely N-dealkylation sites (tertiary alicyclic amines) is 1. The molecule has 0 saturated carbocycles. The van der Waals surface area contributed by atoms with Crippen molar-refractivity contribution in [2.75, 3.05) is 46.9 Å². The highest BCUT2D eigenvalue weighted by Gasteiger charge is 2.31. The molecule has 0 spiro atoms. The van der Waals surface area contributed by atoms with E-state index in [0.717, 1.165) is 50.6 Å². The van der Waals surface area contributed by atoms with Crippen molar-refractivity contribution in [3.05, 3.63) is 60.2 Å². The van der Waals surface area contributed by atoms with Crippen molar-refractivity contribution in [1.82, 2.24) is 25.1 Å². The van der Waals surface area contributed by atoms with Crippen molar-refractivity contribution in [3.8, 4) is 0 Å². The van der Waals surface area contributed by atoms with Crippen molar-refractivity contribution in [3.63, 3.8) is 0 Å². The summed E-state index contributed by atoms with van der Waals surface area (Å²) in [6.07, 6.45) is 11.1. The number of nitrogens with one attached hydrogen (secondary N) is 1.